The van der Waals surface area contributed by atoms with Crippen molar-refractivity contribution >= 4 is 47.0 Å². The van der Waals surface area contributed by atoms with Crippen molar-refractivity contribution in [1.29, 1.82) is 0 Å². The van der Waals surface area contributed by atoms with Crippen molar-refractivity contribution in [2.75, 3.05) is 13.2 Å². The predicted octanol–water partition coefficient (Wildman–Crippen LogP) is 10.0. The van der Waals surface area contributed by atoms with Crippen LogP contribution in [0.5, 0.6) is 0 Å². The van der Waals surface area contributed by atoms with Gasteiger partial charge in [0.25, 0.3) is 0 Å². The fraction of sp³-hybridized carbons (Fsp3) is 0.0889. The Hall–Kier alpha value is -4.39. The van der Waals surface area contributed by atoms with Crippen molar-refractivity contribution < 1.29 is 22.7 Å². The van der Waals surface area contributed by atoms with Gasteiger partial charge in [-0.25, -0.2) is 0 Å². The molecule has 48 heavy (non-hydrogen) atoms. The zero-order valence-electron chi connectivity index (χ0n) is 27.4. The monoisotopic (exact) mass is 818 g/mol. The zero-order chi connectivity index (χ0) is 33.2. The van der Waals surface area contributed by atoms with Gasteiger partial charge in [0.1, 0.15) is 0 Å². The second kappa shape index (κ2) is 16.1. The van der Waals surface area contributed by atoms with Gasteiger partial charge in [-0.2, -0.15) is 0 Å². The molecule has 1 nitrogen and oxygen atoms in total. The Morgan fingerprint density at radius 1 is 0.583 bits per heavy atom. The van der Waals surface area contributed by atoms with Gasteiger partial charge in [0.15, 0.2) is 0 Å². The molecule has 1 aliphatic heterocycles. The van der Waals surface area contributed by atoms with Crippen molar-refractivity contribution in [1.82, 2.24) is 0 Å². The van der Waals surface area contributed by atoms with Crippen molar-refractivity contribution in [3.8, 4) is 4.37 Å². The summed E-state index contributed by atoms with van der Waals surface area (Å²) < 4.78 is 9.83. The normalized spacial score (nSPS) is 15.7. The van der Waals surface area contributed by atoms with E-state index in [2.05, 4.69) is 187 Å². The summed E-state index contributed by atoms with van der Waals surface area (Å²) in [5.41, 5.74) is 8.37. The molecule has 5 aromatic rings. The Bertz CT molecular complexity index is 1930. The molecular formula is C45H39OOsP+. The average molecular weight is 817 g/mol. The first-order valence-corrected chi connectivity index (χ1v) is 19.3. The third kappa shape index (κ3) is 7.20. The van der Waals surface area contributed by atoms with Gasteiger partial charge in [0, 0.05) is 0 Å². The number of ether oxygens (including phenoxy) is 1. The van der Waals surface area contributed by atoms with Gasteiger partial charge in [0.2, 0.25) is 0 Å². The van der Waals surface area contributed by atoms with E-state index >= 15 is 0 Å². The maximum absolute atomic E-state index is 5.98. The molecule has 0 bridgehead atoms. The number of benzene rings is 5. The molecule has 3 heteroatoms. The molecule has 1 heterocycles. The topological polar surface area (TPSA) is 9.23 Å². The molecule has 0 saturated carbocycles. The summed E-state index contributed by atoms with van der Waals surface area (Å²) in [6.07, 6.45) is 13.1. The molecule has 0 spiro atoms. The molecule has 1 fully saturated rings. The van der Waals surface area contributed by atoms with Crippen LogP contribution in [-0.2, 0) is 22.7 Å². The SMILES string of the molecule is CC=C1COCC1=CC(=C([C]#[Os])[P+](c1ccccc1)(c1ccccc1)c1ccccc1)c1ccc(/C=C/c2ccc(/C=C/C)cc2)cc1. The molecule has 6 rings (SSSR count). The quantitative estimate of drug-likeness (QED) is 0.106. The molecule has 1 aliphatic rings. The van der Waals surface area contributed by atoms with Gasteiger partial charge in [-0.15, -0.1) is 0 Å². The van der Waals surface area contributed by atoms with E-state index in [1.165, 1.54) is 54.6 Å². The molecule has 1 saturated heterocycles. The van der Waals surface area contributed by atoms with E-state index in [1.807, 2.05) is 24.9 Å². The van der Waals surface area contributed by atoms with E-state index in [4.69, 9.17) is 4.74 Å². The standard InChI is InChI=1S/C45H39OP.Os/c1-4-15-36-22-24-37(25-23-36)26-27-38-28-30-40(31-29-38)45(32-41-34-46-33-39(41)5-2)35(3)47(42-16-9-6-10-17-42,43-18-11-7-12-19-43)44-20-13-8-14-21-44;/h4-32H,33-34H2,1-2H3;/q+1;/b15-4+,27-26+,39-5?,41-32?,45-35?;. The molecule has 0 amide bonds. The number of hydrogen-bond donors (Lipinski definition) is 0. The van der Waals surface area contributed by atoms with Crippen LogP contribution >= 0.6 is 7.26 Å². The minimum atomic E-state index is -2.39. The molecule has 0 atom stereocenters. The van der Waals surface area contributed by atoms with E-state index in [1.54, 1.807) is 0 Å². The van der Waals surface area contributed by atoms with E-state index in [9.17, 15) is 0 Å². The molecular weight excluding hydrogens is 778 g/mol. The van der Waals surface area contributed by atoms with Gasteiger partial charge in [-0.3, -0.25) is 0 Å². The Kier molecular flexibility index (Phi) is 11.3. The first-order valence-electron chi connectivity index (χ1n) is 16.3. The Morgan fingerprint density at radius 3 is 1.46 bits per heavy atom. The maximum atomic E-state index is 5.98. The van der Waals surface area contributed by atoms with Gasteiger partial charge in [-0.05, 0) is 12.5 Å². The van der Waals surface area contributed by atoms with E-state index in [0.717, 1.165) is 5.56 Å². The van der Waals surface area contributed by atoms with Crippen molar-refractivity contribution in [2.45, 2.75) is 13.8 Å². The molecule has 0 aromatic heterocycles. The van der Waals surface area contributed by atoms with E-state index in [0.29, 0.717) is 13.2 Å². The van der Waals surface area contributed by atoms with Crippen LogP contribution in [0.2, 0.25) is 0 Å². The predicted molar refractivity (Wildman–Crippen MR) is 205 cm³/mol. The fourth-order valence-electron chi connectivity index (χ4n) is 6.28. The second-order valence-corrected chi connectivity index (χ2v) is 15.6. The van der Waals surface area contributed by atoms with Crippen LogP contribution in [-0.4, -0.2) is 13.2 Å². The molecule has 0 unspecified atom stereocenters. The van der Waals surface area contributed by atoms with E-state index < -0.39 is 7.26 Å². The molecule has 0 N–H and O–H groups in total. The molecule has 0 aliphatic carbocycles. The Labute approximate surface area is 296 Å². The summed E-state index contributed by atoms with van der Waals surface area (Å²) in [5, 5.41) is 5.15. The first kappa shape index (κ1) is 33.5. The molecule has 5 aromatic carbocycles. The van der Waals surface area contributed by atoms with Gasteiger partial charge in [-0.1, -0.05) is 12.2 Å². The molecule has 237 valence electrons. The van der Waals surface area contributed by atoms with E-state index in [-0.39, 0.29) is 0 Å². The number of rotatable bonds is 9. The van der Waals surface area contributed by atoms with Crippen LogP contribution in [0, 0.1) is 4.37 Å². The number of allylic oxidation sites excluding steroid dienone is 5. The summed E-state index contributed by atoms with van der Waals surface area (Å²) in [5.74, 6) is 0. The number of hydrogen-bond acceptors (Lipinski definition) is 1. The van der Waals surface area contributed by atoms with Crippen molar-refractivity contribution in [3.63, 3.8) is 0 Å². The van der Waals surface area contributed by atoms with Crippen LogP contribution in [0.3, 0.4) is 0 Å². The Morgan fingerprint density at radius 2 is 1.02 bits per heavy atom. The summed E-state index contributed by atoms with van der Waals surface area (Å²) in [6, 6.07) is 50.8. The van der Waals surface area contributed by atoms with Gasteiger partial charge in [0.05, 0.1) is 0 Å². The van der Waals surface area contributed by atoms with Crippen LogP contribution in [0.15, 0.2) is 174 Å². The summed E-state index contributed by atoms with van der Waals surface area (Å²) in [6.45, 7) is 5.39. The van der Waals surface area contributed by atoms with Crippen molar-refractivity contribution in [2.24, 2.45) is 0 Å². The van der Waals surface area contributed by atoms with Crippen LogP contribution in [0.25, 0.3) is 23.8 Å². The van der Waals surface area contributed by atoms with Crippen LogP contribution < -0.4 is 15.9 Å². The first-order chi connectivity index (χ1) is 23.7. The van der Waals surface area contributed by atoms with Crippen molar-refractivity contribution in [3.05, 3.63) is 196 Å². The zero-order valence-corrected chi connectivity index (χ0v) is 30.8. The summed E-state index contributed by atoms with van der Waals surface area (Å²) in [7, 11) is -2.39. The van der Waals surface area contributed by atoms with Crippen LogP contribution in [0.1, 0.15) is 36.1 Å². The Balaban J connectivity index is 1.58. The van der Waals surface area contributed by atoms with Gasteiger partial charge >= 0.3 is 273 Å². The van der Waals surface area contributed by atoms with Gasteiger partial charge < -0.3 is 0 Å². The fourth-order valence-corrected chi connectivity index (χ4v) is 12.1. The summed E-state index contributed by atoms with van der Waals surface area (Å²) >= 11 is 1.82. The van der Waals surface area contributed by atoms with Crippen LogP contribution in [0.4, 0.5) is 0 Å². The third-order valence-corrected chi connectivity index (χ3v) is 14.1. The minimum absolute atomic E-state index is 0.601. The second-order valence-electron chi connectivity index (χ2n) is 11.6. The third-order valence-electron chi connectivity index (χ3n) is 8.68. The average Bonchev–Trinajstić information content (AvgIpc) is 3.61. The summed E-state index contributed by atoms with van der Waals surface area (Å²) in [4.78, 5) is 0. The molecule has 0 radical (unpaired) electrons.